The van der Waals surface area contributed by atoms with Crippen LogP contribution in [0.2, 0.25) is 0 Å². The molecule has 2 amide bonds. The number of benzene rings is 1. The number of rotatable bonds is 10. The van der Waals surface area contributed by atoms with Gasteiger partial charge in [0.1, 0.15) is 11.4 Å². The first-order chi connectivity index (χ1) is 12.3. The Morgan fingerprint density at radius 1 is 0.962 bits per heavy atom. The van der Waals surface area contributed by atoms with Crippen LogP contribution in [0.3, 0.4) is 0 Å². The van der Waals surface area contributed by atoms with Crippen LogP contribution in [0.5, 0.6) is 5.75 Å². The van der Waals surface area contributed by atoms with Gasteiger partial charge >= 0.3 is 6.09 Å². The van der Waals surface area contributed by atoms with Crippen LogP contribution in [0.25, 0.3) is 0 Å². The van der Waals surface area contributed by atoms with Gasteiger partial charge in [0, 0.05) is 19.5 Å². The number of alkyl carbamates (subject to hydrolysis) is 1. The Morgan fingerprint density at radius 3 is 2.15 bits per heavy atom. The van der Waals surface area contributed by atoms with Crippen LogP contribution in [-0.4, -0.2) is 37.8 Å². The monoisotopic (exact) mass is 364 g/mol. The number of hydrogen-bond acceptors (Lipinski definition) is 4. The van der Waals surface area contributed by atoms with Crippen LogP contribution in [0.1, 0.15) is 52.0 Å². The minimum absolute atomic E-state index is 0.0682. The summed E-state index contributed by atoms with van der Waals surface area (Å²) in [6, 6.07) is 7.91. The van der Waals surface area contributed by atoms with Crippen molar-refractivity contribution in [3.05, 3.63) is 29.8 Å². The minimum Gasteiger partial charge on any atom is -0.497 e. The van der Waals surface area contributed by atoms with Gasteiger partial charge in [-0.3, -0.25) is 4.79 Å². The van der Waals surface area contributed by atoms with E-state index in [-0.39, 0.29) is 5.91 Å². The summed E-state index contributed by atoms with van der Waals surface area (Å²) in [5.74, 6) is 0.909. The summed E-state index contributed by atoms with van der Waals surface area (Å²) in [7, 11) is 1.65. The topological polar surface area (TPSA) is 76.7 Å². The van der Waals surface area contributed by atoms with Crippen LogP contribution >= 0.6 is 0 Å². The molecule has 0 saturated carbocycles. The zero-order chi connectivity index (χ0) is 19.4. The van der Waals surface area contributed by atoms with Gasteiger partial charge in [-0.15, -0.1) is 0 Å². The molecule has 146 valence electrons. The fraction of sp³-hybridized carbons (Fsp3) is 0.600. The predicted octanol–water partition coefficient (Wildman–Crippen LogP) is 3.44. The number of hydrogen-bond donors (Lipinski definition) is 2. The number of amides is 2. The molecule has 6 heteroatoms. The van der Waals surface area contributed by atoms with Crippen molar-refractivity contribution in [1.29, 1.82) is 0 Å². The third-order valence-corrected chi connectivity index (χ3v) is 3.62. The fourth-order valence-electron chi connectivity index (χ4n) is 2.32. The first-order valence-electron chi connectivity index (χ1n) is 9.16. The maximum atomic E-state index is 11.8. The smallest absolute Gasteiger partial charge is 0.407 e. The molecule has 0 bridgehead atoms. The summed E-state index contributed by atoms with van der Waals surface area (Å²) in [6.07, 6.45) is 3.42. The number of carbonyl (C=O) groups is 2. The van der Waals surface area contributed by atoms with Crippen molar-refractivity contribution in [3.63, 3.8) is 0 Å². The van der Waals surface area contributed by atoms with Gasteiger partial charge in [-0.1, -0.05) is 12.1 Å². The van der Waals surface area contributed by atoms with Crippen LogP contribution in [0.15, 0.2) is 24.3 Å². The Balaban J connectivity index is 2.02. The van der Waals surface area contributed by atoms with Crippen LogP contribution in [0.4, 0.5) is 4.79 Å². The highest BCUT2D eigenvalue weighted by atomic mass is 16.6. The molecular weight excluding hydrogens is 332 g/mol. The lowest BCUT2D eigenvalue weighted by molar-refractivity contribution is -0.121. The average molecular weight is 364 g/mol. The number of methoxy groups -OCH3 is 1. The molecule has 0 aromatic heterocycles. The second-order valence-corrected chi connectivity index (χ2v) is 7.19. The van der Waals surface area contributed by atoms with E-state index in [4.69, 9.17) is 9.47 Å². The van der Waals surface area contributed by atoms with Crippen molar-refractivity contribution in [2.45, 2.75) is 58.5 Å². The van der Waals surface area contributed by atoms with Gasteiger partial charge in [-0.25, -0.2) is 4.79 Å². The van der Waals surface area contributed by atoms with E-state index in [1.807, 2.05) is 45.0 Å². The molecule has 0 aliphatic rings. The first kappa shape index (κ1) is 21.8. The predicted molar refractivity (Wildman–Crippen MR) is 102 cm³/mol. The average Bonchev–Trinajstić information content (AvgIpc) is 2.57. The standard InChI is InChI=1S/C20H32N2O4/c1-20(2,3)26-19(24)22-15-6-5-14-21-18(23)9-7-8-16-10-12-17(25-4)13-11-16/h10-13H,5-9,14-15H2,1-4H3,(H,21,23)(H,22,24). The van der Waals surface area contributed by atoms with Crippen molar-refractivity contribution in [2.24, 2.45) is 0 Å². The molecule has 1 aromatic carbocycles. The molecular formula is C20H32N2O4. The third-order valence-electron chi connectivity index (χ3n) is 3.62. The van der Waals surface area contributed by atoms with Crippen molar-refractivity contribution in [2.75, 3.05) is 20.2 Å². The van der Waals surface area contributed by atoms with Crippen LogP contribution < -0.4 is 15.4 Å². The van der Waals surface area contributed by atoms with Gasteiger partial charge in [0.2, 0.25) is 5.91 Å². The lowest BCUT2D eigenvalue weighted by Gasteiger charge is -2.19. The summed E-state index contributed by atoms with van der Waals surface area (Å²) in [6.45, 7) is 6.66. The summed E-state index contributed by atoms with van der Waals surface area (Å²) >= 11 is 0. The number of aryl methyl sites for hydroxylation is 1. The van der Waals surface area contributed by atoms with Gasteiger partial charge in [-0.2, -0.15) is 0 Å². The molecule has 0 aliphatic heterocycles. The third kappa shape index (κ3) is 10.6. The van der Waals surface area contributed by atoms with Crippen molar-refractivity contribution in [1.82, 2.24) is 10.6 Å². The highest BCUT2D eigenvalue weighted by molar-refractivity contribution is 5.75. The van der Waals surface area contributed by atoms with Crippen LogP contribution in [-0.2, 0) is 16.0 Å². The number of ether oxygens (including phenoxy) is 2. The van der Waals surface area contributed by atoms with E-state index in [0.717, 1.165) is 31.4 Å². The van der Waals surface area contributed by atoms with Gasteiger partial charge in [-0.05, 0) is 64.2 Å². The Hall–Kier alpha value is -2.24. The van der Waals surface area contributed by atoms with Crippen molar-refractivity contribution < 1.29 is 19.1 Å². The molecule has 0 unspecified atom stereocenters. The molecule has 1 rings (SSSR count). The summed E-state index contributed by atoms with van der Waals surface area (Å²) in [5, 5.41) is 5.62. The Morgan fingerprint density at radius 2 is 1.58 bits per heavy atom. The normalized spacial score (nSPS) is 10.9. The van der Waals surface area contributed by atoms with Gasteiger partial charge < -0.3 is 20.1 Å². The molecule has 0 radical (unpaired) electrons. The highest BCUT2D eigenvalue weighted by Crippen LogP contribution is 2.13. The molecule has 1 aromatic rings. The Labute approximate surface area is 156 Å². The Bertz CT molecular complexity index is 550. The largest absolute Gasteiger partial charge is 0.497 e. The molecule has 0 atom stereocenters. The molecule has 0 saturated heterocycles. The maximum absolute atomic E-state index is 11.8. The van der Waals surface area contributed by atoms with E-state index in [1.165, 1.54) is 5.56 Å². The Kier molecular flexibility index (Phi) is 9.55. The summed E-state index contributed by atoms with van der Waals surface area (Å²) in [4.78, 5) is 23.3. The first-order valence-corrected chi connectivity index (χ1v) is 9.16. The van der Waals surface area contributed by atoms with Gasteiger partial charge in [0.05, 0.1) is 7.11 Å². The zero-order valence-corrected chi connectivity index (χ0v) is 16.4. The SMILES string of the molecule is COc1ccc(CCCC(=O)NCCCCNC(=O)OC(C)(C)C)cc1. The lowest BCUT2D eigenvalue weighted by Crippen LogP contribution is -2.33. The quantitative estimate of drug-likeness (QED) is 0.624. The number of nitrogens with one attached hydrogen (secondary N) is 2. The zero-order valence-electron chi connectivity index (χ0n) is 16.4. The molecule has 6 nitrogen and oxygen atoms in total. The maximum Gasteiger partial charge on any atom is 0.407 e. The second-order valence-electron chi connectivity index (χ2n) is 7.19. The van der Waals surface area contributed by atoms with E-state index in [0.29, 0.717) is 19.5 Å². The molecule has 0 fully saturated rings. The van der Waals surface area contributed by atoms with Gasteiger partial charge in [0.15, 0.2) is 0 Å². The summed E-state index contributed by atoms with van der Waals surface area (Å²) in [5.41, 5.74) is 0.718. The minimum atomic E-state index is -0.482. The lowest BCUT2D eigenvalue weighted by atomic mass is 10.1. The summed E-state index contributed by atoms with van der Waals surface area (Å²) < 4.78 is 10.3. The van der Waals surface area contributed by atoms with E-state index < -0.39 is 11.7 Å². The molecule has 26 heavy (non-hydrogen) atoms. The molecule has 0 heterocycles. The van der Waals surface area contributed by atoms with Crippen molar-refractivity contribution in [3.8, 4) is 5.75 Å². The number of unbranched alkanes of at least 4 members (excludes halogenated alkanes) is 1. The second kappa shape index (κ2) is 11.4. The van der Waals surface area contributed by atoms with E-state index in [1.54, 1.807) is 7.11 Å². The van der Waals surface area contributed by atoms with Crippen molar-refractivity contribution >= 4 is 12.0 Å². The molecule has 0 spiro atoms. The molecule has 0 aliphatic carbocycles. The van der Waals surface area contributed by atoms with Gasteiger partial charge in [0.25, 0.3) is 0 Å². The fourth-order valence-corrected chi connectivity index (χ4v) is 2.32. The van der Waals surface area contributed by atoms with E-state index in [2.05, 4.69) is 10.6 Å². The molecule has 2 N–H and O–H groups in total. The van der Waals surface area contributed by atoms with E-state index >= 15 is 0 Å². The number of carbonyl (C=O) groups excluding carboxylic acids is 2. The highest BCUT2D eigenvalue weighted by Gasteiger charge is 2.15. The van der Waals surface area contributed by atoms with Crippen LogP contribution in [0, 0.1) is 0 Å². The van der Waals surface area contributed by atoms with E-state index in [9.17, 15) is 9.59 Å².